The van der Waals surface area contributed by atoms with Gasteiger partial charge < -0.3 is 25.2 Å². The van der Waals surface area contributed by atoms with Crippen LogP contribution in [0.25, 0.3) is 11.1 Å². The first-order valence-corrected chi connectivity index (χ1v) is 11.2. The number of nitrogens with one attached hydrogen (secondary N) is 1. The van der Waals surface area contributed by atoms with Crippen molar-refractivity contribution in [2.45, 2.75) is 37.4 Å². The number of alkyl halides is 2. The number of halogens is 2. The fourth-order valence-corrected chi connectivity index (χ4v) is 3.85. The predicted octanol–water partition coefficient (Wildman–Crippen LogP) is 1.94. The topological polar surface area (TPSA) is 136 Å². The van der Waals surface area contributed by atoms with E-state index < -0.39 is 37.2 Å². The molecule has 1 saturated carbocycles. The van der Waals surface area contributed by atoms with Gasteiger partial charge >= 0.3 is 5.92 Å². The summed E-state index contributed by atoms with van der Waals surface area (Å²) in [5, 5.41) is 30.7. The summed E-state index contributed by atoms with van der Waals surface area (Å²) in [6, 6.07) is 9.88. The number of piperidine rings is 1. The Balaban J connectivity index is 1.48. The van der Waals surface area contributed by atoms with Crippen LogP contribution < -0.4 is 10.1 Å². The Labute approximate surface area is 199 Å². The highest BCUT2D eigenvalue weighted by molar-refractivity contribution is 5.93. The van der Waals surface area contributed by atoms with Crippen LogP contribution in [0, 0.1) is 17.2 Å². The van der Waals surface area contributed by atoms with Crippen LogP contribution in [0.4, 0.5) is 14.6 Å². The van der Waals surface area contributed by atoms with E-state index in [1.165, 1.54) is 18.3 Å². The Morgan fingerprint density at radius 1 is 1.26 bits per heavy atom. The van der Waals surface area contributed by atoms with Gasteiger partial charge in [0.25, 0.3) is 5.91 Å². The minimum absolute atomic E-state index is 0.0185. The lowest BCUT2D eigenvalue weighted by atomic mass is 10.0. The van der Waals surface area contributed by atoms with Crippen molar-refractivity contribution in [3.63, 3.8) is 0 Å². The molecule has 4 rings (SSSR count). The number of likely N-dealkylation sites (tertiary alicyclic amines) is 1. The molecule has 0 spiro atoms. The maximum Gasteiger partial charge on any atom is 0.301 e. The van der Waals surface area contributed by atoms with Crippen LogP contribution in [0.5, 0.6) is 5.75 Å². The number of hydrogen-bond acceptors (Lipinski definition) is 7. The largest absolute Gasteiger partial charge is 0.483 e. The molecule has 1 aromatic heterocycles. The van der Waals surface area contributed by atoms with Crippen molar-refractivity contribution in [2.24, 2.45) is 5.92 Å². The zero-order valence-corrected chi connectivity index (χ0v) is 18.7. The van der Waals surface area contributed by atoms with Crippen LogP contribution >= 0.6 is 0 Å². The van der Waals surface area contributed by atoms with Gasteiger partial charge in [0.05, 0.1) is 18.7 Å². The first-order chi connectivity index (χ1) is 16.7. The van der Waals surface area contributed by atoms with Crippen LogP contribution in [0.1, 0.15) is 24.8 Å². The molecule has 9 nitrogen and oxygen atoms in total. The molecule has 184 valence electrons. The number of carbonyl (C=O) groups excluding carboxylic acids is 2. The minimum Gasteiger partial charge on any atom is -0.483 e. The van der Waals surface area contributed by atoms with Crippen LogP contribution in [0.2, 0.25) is 0 Å². The monoisotopic (exact) mass is 486 g/mol. The second kappa shape index (κ2) is 9.93. The van der Waals surface area contributed by atoms with E-state index in [1.807, 2.05) is 6.07 Å². The molecule has 35 heavy (non-hydrogen) atoms. The smallest absolute Gasteiger partial charge is 0.301 e. The van der Waals surface area contributed by atoms with E-state index in [0.717, 1.165) is 17.7 Å². The number of rotatable bonds is 7. The van der Waals surface area contributed by atoms with Crippen LogP contribution in [-0.4, -0.2) is 69.7 Å². The zero-order chi connectivity index (χ0) is 25.2. The molecule has 0 bridgehead atoms. The number of aromatic nitrogens is 1. The summed E-state index contributed by atoms with van der Waals surface area (Å²) in [6.45, 7) is -1.92. The van der Waals surface area contributed by atoms with Crippen molar-refractivity contribution in [1.82, 2.24) is 9.88 Å². The van der Waals surface area contributed by atoms with Crippen molar-refractivity contribution >= 4 is 17.6 Å². The van der Waals surface area contributed by atoms with Gasteiger partial charge in [-0.2, -0.15) is 5.26 Å². The molecular formula is C24H24F2N4O5. The fourth-order valence-electron chi connectivity index (χ4n) is 3.85. The van der Waals surface area contributed by atoms with Gasteiger partial charge in [-0.1, -0.05) is 6.07 Å². The second-order valence-electron chi connectivity index (χ2n) is 8.63. The van der Waals surface area contributed by atoms with E-state index in [1.54, 1.807) is 18.2 Å². The van der Waals surface area contributed by atoms with Gasteiger partial charge in [0.1, 0.15) is 17.6 Å². The van der Waals surface area contributed by atoms with E-state index in [9.17, 15) is 28.7 Å². The van der Waals surface area contributed by atoms with Crippen LogP contribution in [0.15, 0.2) is 36.5 Å². The second-order valence-corrected chi connectivity index (χ2v) is 8.63. The van der Waals surface area contributed by atoms with Gasteiger partial charge in [0.15, 0.2) is 12.2 Å². The Hall–Kier alpha value is -3.62. The van der Waals surface area contributed by atoms with E-state index in [4.69, 9.17) is 9.84 Å². The van der Waals surface area contributed by atoms with Crippen molar-refractivity contribution < 1.29 is 33.3 Å². The number of carbonyl (C=O) groups is 2. The summed E-state index contributed by atoms with van der Waals surface area (Å²) in [6.07, 6.45) is -0.317. The molecule has 2 aromatic rings. The summed E-state index contributed by atoms with van der Waals surface area (Å²) < 4.78 is 35.0. The Morgan fingerprint density at radius 3 is 2.66 bits per heavy atom. The van der Waals surface area contributed by atoms with Gasteiger partial charge in [-0.15, -0.1) is 0 Å². The lowest BCUT2D eigenvalue weighted by Crippen LogP contribution is -2.57. The van der Waals surface area contributed by atoms with Gasteiger partial charge in [-0.25, -0.2) is 13.8 Å². The van der Waals surface area contributed by atoms with E-state index in [-0.39, 0.29) is 36.1 Å². The van der Waals surface area contributed by atoms with E-state index in [0.29, 0.717) is 16.9 Å². The standard InChI is InChI=1S/C24H24F2N4O5/c25-24(26)13-30(23(34)18(32)12-31)8-6-20(24)35-19-4-3-15(9-17(19)11-27)16-5-7-28-21(10-16)29-22(33)14-1-2-14/h3-5,7,9-10,14,18,20,31-32H,1-2,6,8,12-13H2,(H,28,29,33). The summed E-state index contributed by atoms with van der Waals surface area (Å²) >= 11 is 0. The van der Waals surface area contributed by atoms with Gasteiger partial charge in [0.2, 0.25) is 5.91 Å². The predicted molar refractivity (Wildman–Crippen MR) is 119 cm³/mol. The minimum atomic E-state index is -3.44. The number of pyridine rings is 1. The molecule has 1 aliphatic heterocycles. The molecule has 11 heteroatoms. The molecule has 3 N–H and O–H groups in total. The normalized spacial score (nSPS) is 20.0. The molecule has 1 saturated heterocycles. The number of aliphatic hydroxyl groups excluding tert-OH is 2. The molecule has 2 heterocycles. The zero-order valence-electron chi connectivity index (χ0n) is 18.7. The summed E-state index contributed by atoms with van der Waals surface area (Å²) in [5.41, 5.74) is 1.34. The van der Waals surface area contributed by atoms with Crippen molar-refractivity contribution in [3.8, 4) is 22.9 Å². The Bertz CT molecular complexity index is 1160. The number of ether oxygens (including phenoxy) is 1. The molecule has 2 amide bonds. The van der Waals surface area contributed by atoms with Crippen LogP contribution in [-0.2, 0) is 9.59 Å². The average molecular weight is 486 g/mol. The van der Waals surface area contributed by atoms with Crippen molar-refractivity contribution in [3.05, 3.63) is 42.1 Å². The summed E-state index contributed by atoms with van der Waals surface area (Å²) in [7, 11) is 0. The molecule has 2 atom stereocenters. The Morgan fingerprint density at radius 2 is 2.00 bits per heavy atom. The third kappa shape index (κ3) is 5.55. The highest BCUT2D eigenvalue weighted by atomic mass is 19.3. The van der Waals surface area contributed by atoms with Gasteiger partial charge in [-0.05, 0) is 48.2 Å². The number of amides is 2. The lowest BCUT2D eigenvalue weighted by Gasteiger charge is -2.38. The van der Waals surface area contributed by atoms with Crippen molar-refractivity contribution in [1.29, 1.82) is 5.26 Å². The number of nitrogens with zero attached hydrogens (tertiary/aromatic N) is 3. The molecule has 1 aliphatic carbocycles. The molecule has 2 aliphatic rings. The van der Waals surface area contributed by atoms with Gasteiger partial charge in [0, 0.05) is 25.1 Å². The number of nitriles is 1. The molecular weight excluding hydrogens is 462 g/mol. The maximum absolute atomic E-state index is 14.7. The molecule has 2 fully saturated rings. The highest BCUT2D eigenvalue weighted by Crippen LogP contribution is 2.35. The van der Waals surface area contributed by atoms with E-state index in [2.05, 4.69) is 10.3 Å². The Kier molecular flexibility index (Phi) is 6.95. The highest BCUT2D eigenvalue weighted by Gasteiger charge is 2.48. The van der Waals surface area contributed by atoms with Crippen LogP contribution in [0.3, 0.4) is 0 Å². The first kappa shape index (κ1) is 24.5. The molecule has 1 aromatic carbocycles. The SMILES string of the molecule is N#Cc1cc(-c2ccnc(NC(=O)C3CC3)c2)ccc1OC1CCN(C(=O)C(O)CO)CC1(F)F. The fraction of sp³-hybridized carbons (Fsp3) is 0.417. The first-order valence-electron chi connectivity index (χ1n) is 11.2. The maximum atomic E-state index is 14.7. The lowest BCUT2D eigenvalue weighted by molar-refractivity contribution is -0.167. The number of anilines is 1. The summed E-state index contributed by atoms with van der Waals surface area (Å²) in [4.78, 5) is 28.9. The third-order valence-electron chi connectivity index (χ3n) is 5.97. The number of hydrogen-bond donors (Lipinski definition) is 3. The van der Waals surface area contributed by atoms with Gasteiger partial charge in [-0.3, -0.25) is 9.59 Å². The number of benzene rings is 1. The van der Waals surface area contributed by atoms with Crippen molar-refractivity contribution in [2.75, 3.05) is 25.0 Å². The molecule has 2 unspecified atom stereocenters. The third-order valence-corrected chi connectivity index (χ3v) is 5.97. The van der Waals surface area contributed by atoms with E-state index >= 15 is 0 Å². The molecule has 0 radical (unpaired) electrons. The summed E-state index contributed by atoms with van der Waals surface area (Å²) in [5.74, 6) is -4.12. The number of aliphatic hydroxyl groups is 2. The quantitative estimate of drug-likeness (QED) is 0.544. The average Bonchev–Trinajstić information content (AvgIpc) is 3.70.